The Balaban J connectivity index is 0.000000186. The van der Waals surface area contributed by atoms with Crippen LogP contribution in [0.3, 0.4) is 0 Å². The topological polar surface area (TPSA) is 429 Å². The number of rotatable bonds is 34. The first kappa shape index (κ1) is 96.5. The second-order valence-corrected chi connectivity index (χ2v) is 34.0. The molecule has 4 saturated heterocycles. The SMILES string of the molecule is CC(NC(CCc1ccccc1)C(=O)O)C(=O)N1C(=O)C2CCCCC2C1C(=O)O.CCOC(=O)C(CCc1ccccc1)NC(C)C(=O)N1C(=O)C2CCCCC2C1C(=O)O.CCOC(=O)C(CCc1ccccc1)NC(C)C(=O)N1CC2CCCCC2C1C(=O)O.COC(=O)C(CCc1ccccc1)NC(C)C(=O)N1CC2CCCCC2C1C(=O)O. The van der Waals surface area contributed by atoms with Crippen molar-refractivity contribution in [1.29, 1.82) is 0 Å². The van der Waals surface area contributed by atoms with Gasteiger partial charge < -0.3 is 49.5 Å². The van der Waals surface area contributed by atoms with Gasteiger partial charge in [-0.3, -0.25) is 79.0 Å². The number of carbonyl (C=O) groups is 14. The van der Waals surface area contributed by atoms with Crippen molar-refractivity contribution in [2.75, 3.05) is 33.4 Å². The summed E-state index contributed by atoms with van der Waals surface area (Å²) in [7, 11) is 1.33. The Labute approximate surface area is 720 Å². The van der Waals surface area contributed by atoms with Crippen LogP contribution in [0.4, 0.5) is 0 Å². The van der Waals surface area contributed by atoms with Crippen molar-refractivity contribution < 1.29 is 107 Å². The first-order valence-corrected chi connectivity index (χ1v) is 44.1. The normalized spacial score (nSPS) is 25.0. The minimum Gasteiger partial charge on any atom is -0.480 e. The zero-order chi connectivity index (χ0) is 89.1. The maximum atomic E-state index is 13.2. The number of benzene rings is 4. The zero-order valence-electron chi connectivity index (χ0n) is 71.9. The first-order valence-electron chi connectivity index (χ1n) is 44.1. The summed E-state index contributed by atoms with van der Waals surface area (Å²) in [6.45, 7) is 11.4. The van der Waals surface area contributed by atoms with Gasteiger partial charge in [0.25, 0.3) is 0 Å². The molecular formula is C93H126N8O22. The molecule has 670 valence electrons. The fourth-order valence-electron chi connectivity index (χ4n) is 19.8. The number of nitrogens with zero attached hydrogens (tertiary/aromatic N) is 4. The fourth-order valence-corrected chi connectivity index (χ4v) is 19.8. The van der Waals surface area contributed by atoms with E-state index in [1.54, 1.807) is 34.6 Å². The van der Waals surface area contributed by atoms with Crippen molar-refractivity contribution in [3.63, 3.8) is 0 Å². The molecule has 123 heavy (non-hydrogen) atoms. The molecule has 20 atom stereocenters. The molecule has 4 aliphatic heterocycles. The maximum Gasteiger partial charge on any atom is 0.327 e. The number of carboxylic acids is 5. The van der Waals surface area contributed by atoms with E-state index in [2.05, 4.69) is 21.3 Å². The fraction of sp³-hybridized carbons (Fsp3) is 0.591. The summed E-state index contributed by atoms with van der Waals surface area (Å²) in [6.07, 6.45) is 17.8. The van der Waals surface area contributed by atoms with E-state index in [0.717, 1.165) is 109 Å². The highest BCUT2D eigenvalue weighted by atomic mass is 16.5. The van der Waals surface area contributed by atoms with Crippen molar-refractivity contribution in [1.82, 2.24) is 40.9 Å². The van der Waals surface area contributed by atoms with Gasteiger partial charge in [-0.25, -0.2) is 19.2 Å². The smallest absolute Gasteiger partial charge is 0.327 e. The summed E-state index contributed by atoms with van der Waals surface area (Å²) in [4.78, 5) is 180. The molecule has 6 amide bonds. The summed E-state index contributed by atoms with van der Waals surface area (Å²) in [5.74, 6) is -10.2. The van der Waals surface area contributed by atoms with E-state index >= 15 is 0 Å². The maximum absolute atomic E-state index is 13.2. The van der Waals surface area contributed by atoms with Crippen LogP contribution in [0.5, 0.6) is 0 Å². The first-order chi connectivity index (χ1) is 59.0. The molecule has 20 unspecified atom stereocenters. The highest BCUT2D eigenvalue weighted by molar-refractivity contribution is 6.06. The lowest BCUT2D eigenvalue weighted by molar-refractivity contribution is -0.156. The molecule has 4 heterocycles. The summed E-state index contributed by atoms with van der Waals surface area (Å²) in [5, 5.41) is 60.6. The van der Waals surface area contributed by atoms with Crippen molar-refractivity contribution in [3.8, 4) is 0 Å². The minimum atomic E-state index is -1.18. The molecule has 9 N–H and O–H groups in total. The number of esters is 3. The van der Waals surface area contributed by atoms with Crippen LogP contribution in [0, 0.1) is 47.3 Å². The second-order valence-electron chi connectivity index (χ2n) is 34.0. The zero-order valence-corrected chi connectivity index (χ0v) is 71.9. The van der Waals surface area contributed by atoms with Crippen molar-refractivity contribution in [3.05, 3.63) is 144 Å². The second kappa shape index (κ2) is 47.0. The summed E-state index contributed by atoms with van der Waals surface area (Å²) in [6, 6.07) is 28.6. The molecule has 0 aromatic heterocycles. The van der Waals surface area contributed by atoms with Crippen LogP contribution in [0.25, 0.3) is 0 Å². The molecule has 0 spiro atoms. The number of imide groups is 2. The van der Waals surface area contributed by atoms with Gasteiger partial charge in [-0.05, 0) is 190 Å². The molecule has 4 aliphatic carbocycles. The molecule has 4 aromatic rings. The van der Waals surface area contributed by atoms with Crippen LogP contribution in [0.2, 0.25) is 0 Å². The predicted octanol–water partition coefficient (Wildman–Crippen LogP) is 8.71. The number of hydrogen-bond acceptors (Lipinski definition) is 21. The quantitative estimate of drug-likeness (QED) is 0.0156. The number of carbonyl (C=O) groups excluding carboxylic acids is 9. The molecule has 4 saturated carbocycles. The summed E-state index contributed by atoms with van der Waals surface area (Å²) in [5.41, 5.74) is 4.23. The van der Waals surface area contributed by atoms with Gasteiger partial charge in [-0.15, -0.1) is 0 Å². The molecule has 8 fully saturated rings. The Morgan fingerprint density at radius 2 is 0.626 bits per heavy atom. The number of carboxylic acid groups (broad SMARTS) is 5. The highest BCUT2D eigenvalue weighted by Gasteiger charge is 2.57. The highest BCUT2D eigenvalue weighted by Crippen LogP contribution is 2.45. The molecule has 12 rings (SSSR count). The van der Waals surface area contributed by atoms with Gasteiger partial charge in [0.15, 0.2) is 0 Å². The molecular weight excluding hydrogens is 1580 g/mol. The average molecular weight is 1710 g/mol. The Hall–Kier alpha value is -10.3. The van der Waals surface area contributed by atoms with Crippen LogP contribution in [-0.4, -0.2) is 234 Å². The lowest BCUT2D eigenvalue weighted by atomic mass is 9.78. The minimum absolute atomic E-state index is 0.0290. The number of ether oxygens (including phenoxy) is 3. The Bertz CT molecular complexity index is 4240. The molecule has 30 nitrogen and oxygen atoms in total. The number of aliphatic carboxylic acids is 5. The van der Waals surface area contributed by atoms with Gasteiger partial charge in [0.05, 0.1) is 44.5 Å². The summed E-state index contributed by atoms with van der Waals surface area (Å²) < 4.78 is 15.3. The lowest BCUT2D eigenvalue weighted by Crippen LogP contribution is -2.55. The molecule has 4 aromatic carbocycles. The number of hydrogen-bond donors (Lipinski definition) is 9. The number of aryl methyl sites for hydroxylation is 4. The van der Waals surface area contributed by atoms with Crippen molar-refractivity contribution in [2.45, 2.75) is 268 Å². The van der Waals surface area contributed by atoms with Crippen molar-refractivity contribution >= 4 is 83.2 Å². The van der Waals surface area contributed by atoms with Crippen LogP contribution in [0.1, 0.15) is 192 Å². The molecule has 0 radical (unpaired) electrons. The number of amides is 6. The Morgan fingerprint density at radius 3 is 0.919 bits per heavy atom. The van der Waals surface area contributed by atoms with Gasteiger partial charge in [-0.2, -0.15) is 0 Å². The van der Waals surface area contributed by atoms with E-state index in [1.807, 2.05) is 121 Å². The van der Waals surface area contributed by atoms with E-state index in [0.29, 0.717) is 83.7 Å². The van der Waals surface area contributed by atoms with E-state index in [1.165, 1.54) is 23.8 Å². The summed E-state index contributed by atoms with van der Waals surface area (Å²) >= 11 is 0. The van der Waals surface area contributed by atoms with Crippen molar-refractivity contribution in [2.24, 2.45) is 47.3 Å². The van der Waals surface area contributed by atoms with Crippen LogP contribution >= 0.6 is 0 Å². The van der Waals surface area contributed by atoms with E-state index in [9.17, 15) is 92.7 Å². The molecule has 30 heteroatoms. The molecule has 8 aliphatic rings. The number of fused-ring (bicyclic) bond motifs is 4. The van der Waals surface area contributed by atoms with Gasteiger partial charge in [0.1, 0.15) is 48.3 Å². The van der Waals surface area contributed by atoms with E-state index < -0.39 is 150 Å². The van der Waals surface area contributed by atoms with Gasteiger partial charge in [0, 0.05) is 36.8 Å². The Morgan fingerprint density at radius 1 is 0.358 bits per heavy atom. The van der Waals surface area contributed by atoms with Gasteiger partial charge in [0.2, 0.25) is 35.4 Å². The number of methoxy groups -OCH3 is 1. The third-order valence-electron chi connectivity index (χ3n) is 25.9. The van der Waals surface area contributed by atoms with Crippen LogP contribution in [-0.2, 0) is 107 Å². The Kier molecular flexibility index (Phi) is 36.9. The third kappa shape index (κ3) is 25.5. The average Bonchev–Trinajstić information content (AvgIpc) is 1.60. The van der Waals surface area contributed by atoms with Crippen LogP contribution in [0.15, 0.2) is 121 Å². The predicted molar refractivity (Wildman–Crippen MR) is 452 cm³/mol. The standard InChI is InChI=1S/C24H32N2O6.C24H34N2O5.C23H32N2O5.C22H28N2O6/c1-3-32-24(31)19(14-13-16-9-5-4-6-10-16)25-15(2)21(27)26-20(23(29)30)17-11-7-8-12-18(17)22(26)28;1-3-31-24(30)20(14-13-17-9-5-4-6-10-17)25-16(2)22(27)26-15-18-11-7-8-12-19(18)21(26)23(28)29;1-15(24-19(23(29)30-2)13-12-16-8-4-3-5-9-16)21(26)25-14-17-10-6-7-11-18(17)20(25)22(27)28;1-13(23-17(21(27)28)12-11-14-7-3-2-4-8-14)19(25)24-18(22(29)30)15-9-5-6-10-16(15)20(24)26/h4-6,9-10,15,17-20,25H,3,7-8,11-14H2,1-2H3,(H,29,30);4-6,9-10,16,18-21,25H,3,7-8,11-15H2,1-2H3,(H,28,29);3-5,8-9,15,17-20,24H,6-7,10-14H2,1-2H3,(H,27,28);2-4,7-8,13,15-18,23H,5-6,9-12H2,1H3,(H,27,28)(H,29,30). The lowest BCUT2D eigenvalue weighted by Gasteiger charge is -2.29. The van der Waals surface area contributed by atoms with Gasteiger partial charge >= 0.3 is 47.8 Å². The largest absolute Gasteiger partial charge is 0.480 e. The number of nitrogens with one attached hydrogen (secondary N) is 4. The number of likely N-dealkylation sites (tertiary alicyclic amines) is 4. The van der Waals surface area contributed by atoms with Crippen LogP contribution < -0.4 is 21.3 Å². The van der Waals surface area contributed by atoms with E-state index in [4.69, 9.17) is 14.2 Å². The molecule has 0 bridgehead atoms. The third-order valence-corrected chi connectivity index (χ3v) is 25.9. The van der Waals surface area contributed by atoms with E-state index in [-0.39, 0.29) is 72.9 Å². The van der Waals surface area contributed by atoms with Gasteiger partial charge in [-0.1, -0.05) is 173 Å². The monoisotopic (exact) mass is 1710 g/mol.